The van der Waals surface area contributed by atoms with Gasteiger partial charge in [-0.3, -0.25) is 14.5 Å². The highest BCUT2D eigenvalue weighted by Gasteiger charge is 2.38. The molecule has 0 radical (unpaired) electrons. The van der Waals surface area contributed by atoms with Gasteiger partial charge in [-0.2, -0.15) is 0 Å². The number of amidine groups is 1. The van der Waals surface area contributed by atoms with Crippen molar-refractivity contribution in [3.05, 3.63) is 22.2 Å². The molecule has 1 atom stereocenters. The van der Waals surface area contributed by atoms with E-state index in [0.717, 1.165) is 12.8 Å². The van der Waals surface area contributed by atoms with Gasteiger partial charge in [0.1, 0.15) is 5.25 Å². The Balaban J connectivity index is 2.28. The molecule has 0 saturated carbocycles. The molecular formula is C17H21Cl2N3O3S. The Hall–Kier alpha value is -1.44. The summed E-state index contributed by atoms with van der Waals surface area (Å²) in [6.45, 7) is 4.93. The second-order valence-corrected chi connectivity index (χ2v) is 7.74. The van der Waals surface area contributed by atoms with Gasteiger partial charge in [0.15, 0.2) is 10.9 Å². The van der Waals surface area contributed by atoms with Gasteiger partial charge in [0, 0.05) is 19.5 Å². The van der Waals surface area contributed by atoms with E-state index in [1.165, 1.54) is 23.9 Å². The molecule has 142 valence electrons. The van der Waals surface area contributed by atoms with Gasteiger partial charge in [0.05, 0.1) is 15.7 Å². The van der Waals surface area contributed by atoms with E-state index in [-0.39, 0.29) is 34.0 Å². The molecule has 0 spiro atoms. The zero-order valence-electron chi connectivity index (χ0n) is 14.6. The van der Waals surface area contributed by atoms with Gasteiger partial charge < -0.3 is 10.4 Å². The predicted octanol–water partition coefficient (Wildman–Crippen LogP) is 3.96. The van der Waals surface area contributed by atoms with Crippen molar-refractivity contribution >= 4 is 57.6 Å². The minimum atomic E-state index is -0.500. The Morgan fingerprint density at radius 1 is 1.35 bits per heavy atom. The largest absolute Gasteiger partial charge is 0.505 e. The van der Waals surface area contributed by atoms with Crippen LogP contribution in [0.25, 0.3) is 0 Å². The average Bonchev–Trinajstić information content (AvgIpc) is 2.86. The van der Waals surface area contributed by atoms with Crippen molar-refractivity contribution in [3.8, 4) is 5.75 Å². The van der Waals surface area contributed by atoms with Crippen LogP contribution in [0.2, 0.25) is 10.0 Å². The summed E-state index contributed by atoms with van der Waals surface area (Å²) in [5.41, 5.74) is 0.438. The number of hydrogen-bond donors (Lipinski definition) is 2. The lowest BCUT2D eigenvalue weighted by Crippen LogP contribution is -2.35. The molecule has 2 amide bonds. The molecule has 1 aliphatic heterocycles. The van der Waals surface area contributed by atoms with E-state index in [0.29, 0.717) is 23.9 Å². The minimum Gasteiger partial charge on any atom is -0.505 e. The molecule has 1 unspecified atom stereocenters. The van der Waals surface area contributed by atoms with Crippen LogP contribution in [0, 0.1) is 0 Å². The fourth-order valence-corrected chi connectivity index (χ4v) is 4.07. The summed E-state index contributed by atoms with van der Waals surface area (Å²) in [4.78, 5) is 30.6. The number of benzene rings is 1. The van der Waals surface area contributed by atoms with Gasteiger partial charge in [-0.25, -0.2) is 4.99 Å². The maximum absolute atomic E-state index is 12.7. The lowest BCUT2D eigenvalue weighted by molar-refractivity contribution is -0.129. The zero-order valence-corrected chi connectivity index (χ0v) is 16.9. The fourth-order valence-electron chi connectivity index (χ4n) is 2.41. The van der Waals surface area contributed by atoms with Crippen LogP contribution in [0.15, 0.2) is 17.1 Å². The Bertz CT molecular complexity index is 704. The molecular weight excluding hydrogens is 397 g/mol. The number of phenolic OH excluding ortho intramolecular Hbond substituents is 1. The lowest BCUT2D eigenvalue weighted by atomic mass is 10.2. The van der Waals surface area contributed by atoms with Gasteiger partial charge >= 0.3 is 0 Å². The third kappa shape index (κ3) is 5.05. The van der Waals surface area contributed by atoms with Crippen molar-refractivity contribution in [2.75, 3.05) is 13.1 Å². The summed E-state index contributed by atoms with van der Waals surface area (Å²) in [6.07, 6.45) is 1.87. The number of nitrogens with zero attached hydrogens (tertiary/aromatic N) is 2. The third-order valence-electron chi connectivity index (χ3n) is 3.73. The number of thioether (sulfide) groups is 1. The summed E-state index contributed by atoms with van der Waals surface area (Å²) < 4.78 is 0. The molecule has 1 aromatic carbocycles. The number of aliphatic imine (C=N–C) groups is 1. The maximum Gasteiger partial charge on any atom is 0.242 e. The highest BCUT2D eigenvalue weighted by Crippen LogP contribution is 2.38. The molecule has 0 aliphatic carbocycles. The molecule has 1 fully saturated rings. The average molecular weight is 418 g/mol. The smallest absolute Gasteiger partial charge is 0.242 e. The van der Waals surface area contributed by atoms with Crippen LogP contribution >= 0.6 is 35.0 Å². The van der Waals surface area contributed by atoms with E-state index in [1.807, 2.05) is 13.8 Å². The molecule has 1 aromatic rings. The van der Waals surface area contributed by atoms with E-state index in [9.17, 15) is 14.7 Å². The monoisotopic (exact) mass is 417 g/mol. The quantitative estimate of drug-likeness (QED) is 0.703. The number of rotatable bonds is 7. The molecule has 1 aliphatic rings. The number of nitrogens with one attached hydrogen (secondary N) is 1. The molecule has 1 saturated heterocycles. The standard InChI is InChI=1S/C17H21Cl2N3O3S/c1-3-5-6-22-16(25)13(9-14(23)20-4-2)26-17(22)21-10-7-11(18)15(24)12(19)8-10/h7-8,13,24H,3-6,9H2,1-2H3,(H,20,23). The molecule has 2 rings (SSSR count). The highest BCUT2D eigenvalue weighted by atomic mass is 35.5. The van der Waals surface area contributed by atoms with E-state index < -0.39 is 5.25 Å². The first-order valence-electron chi connectivity index (χ1n) is 8.38. The predicted molar refractivity (Wildman–Crippen MR) is 107 cm³/mol. The van der Waals surface area contributed by atoms with Gasteiger partial charge in [0.25, 0.3) is 0 Å². The first-order valence-corrected chi connectivity index (χ1v) is 10.0. The number of carbonyl (C=O) groups is 2. The third-order valence-corrected chi connectivity index (χ3v) is 5.48. The van der Waals surface area contributed by atoms with Gasteiger partial charge in [-0.15, -0.1) is 0 Å². The molecule has 9 heteroatoms. The maximum atomic E-state index is 12.7. The summed E-state index contributed by atoms with van der Waals surface area (Å²) in [5, 5.41) is 12.6. The number of unbranched alkanes of at least 4 members (excludes halogenated alkanes) is 1. The molecule has 6 nitrogen and oxygen atoms in total. The molecule has 2 N–H and O–H groups in total. The molecule has 0 aromatic heterocycles. The number of hydrogen-bond acceptors (Lipinski definition) is 5. The van der Waals surface area contributed by atoms with Gasteiger partial charge in [-0.1, -0.05) is 48.3 Å². The first kappa shape index (κ1) is 20.9. The van der Waals surface area contributed by atoms with E-state index in [1.54, 1.807) is 4.90 Å². The second kappa shape index (κ2) is 9.48. The SMILES string of the molecule is CCCCN1C(=O)C(CC(=O)NCC)SC1=Nc1cc(Cl)c(O)c(Cl)c1. The van der Waals surface area contributed by atoms with Crippen molar-refractivity contribution in [3.63, 3.8) is 0 Å². The van der Waals surface area contributed by atoms with Crippen molar-refractivity contribution in [1.29, 1.82) is 0 Å². The Morgan fingerprint density at radius 3 is 2.58 bits per heavy atom. The lowest BCUT2D eigenvalue weighted by Gasteiger charge is -2.16. The minimum absolute atomic E-state index is 0.0881. The van der Waals surface area contributed by atoms with Crippen LogP contribution < -0.4 is 5.32 Å². The van der Waals surface area contributed by atoms with Gasteiger partial charge in [0.2, 0.25) is 11.8 Å². The van der Waals surface area contributed by atoms with Crippen molar-refractivity contribution in [2.24, 2.45) is 4.99 Å². The van der Waals surface area contributed by atoms with E-state index in [4.69, 9.17) is 23.2 Å². The first-order chi connectivity index (χ1) is 12.4. The molecule has 1 heterocycles. The fraction of sp³-hybridized carbons (Fsp3) is 0.471. The number of carbonyl (C=O) groups excluding carboxylic acids is 2. The second-order valence-electron chi connectivity index (χ2n) is 5.76. The summed E-state index contributed by atoms with van der Waals surface area (Å²) in [7, 11) is 0. The number of aromatic hydroxyl groups is 1. The zero-order chi connectivity index (χ0) is 19.3. The van der Waals surface area contributed by atoms with Crippen LogP contribution in [0.4, 0.5) is 5.69 Å². The van der Waals surface area contributed by atoms with Crippen molar-refractivity contribution in [2.45, 2.75) is 38.4 Å². The van der Waals surface area contributed by atoms with Crippen LogP contribution in [0.3, 0.4) is 0 Å². The molecule has 26 heavy (non-hydrogen) atoms. The highest BCUT2D eigenvalue weighted by molar-refractivity contribution is 8.15. The summed E-state index contributed by atoms with van der Waals surface area (Å²) in [5.74, 6) is -0.487. The summed E-state index contributed by atoms with van der Waals surface area (Å²) in [6, 6.07) is 2.96. The summed E-state index contributed by atoms with van der Waals surface area (Å²) >= 11 is 13.1. The number of phenols is 1. The Labute approximate surface area is 166 Å². The van der Waals surface area contributed by atoms with Gasteiger partial charge in [-0.05, 0) is 25.5 Å². The van der Waals surface area contributed by atoms with Crippen LogP contribution in [-0.4, -0.2) is 45.3 Å². The van der Waals surface area contributed by atoms with Crippen molar-refractivity contribution in [1.82, 2.24) is 10.2 Å². The Kier molecular flexibility index (Phi) is 7.61. The van der Waals surface area contributed by atoms with E-state index >= 15 is 0 Å². The van der Waals surface area contributed by atoms with E-state index in [2.05, 4.69) is 10.3 Å². The van der Waals surface area contributed by atoms with Crippen LogP contribution in [0.1, 0.15) is 33.1 Å². The topological polar surface area (TPSA) is 82.0 Å². The number of halogens is 2. The molecule has 0 bridgehead atoms. The normalized spacial score (nSPS) is 18.6. The van der Waals surface area contributed by atoms with Crippen LogP contribution in [-0.2, 0) is 9.59 Å². The Morgan fingerprint density at radius 2 is 2.00 bits per heavy atom. The number of amides is 2. The van der Waals surface area contributed by atoms with Crippen LogP contribution in [0.5, 0.6) is 5.75 Å². The van der Waals surface area contributed by atoms with Crippen molar-refractivity contribution < 1.29 is 14.7 Å².